The summed E-state index contributed by atoms with van der Waals surface area (Å²) in [5.41, 5.74) is 0.157. The molecule has 7 aromatic rings. The number of hydrogen-bond donors (Lipinski definition) is 0. The van der Waals surface area contributed by atoms with E-state index in [-0.39, 0.29) is 51.3 Å². The van der Waals surface area contributed by atoms with Gasteiger partial charge in [0.1, 0.15) is 30.7 Å². The number of carbonyl (C=O) groups excluding carboxylic acids is 5. The Kier molecular flexibility index (Phi) is 14.1. The molecular weight excluding hydrogens is 865 g/mol. The molecule has 1 fully saturated rings. The van der Waals surface area contributed by atoms with Gasteiger partial charge in [-0.05, 0) is 66.2 Å². The van der Waals surface area contributed by atoms with Crippen molar-refractivity contribution >= 4 is 40.8 Å². The summed E-state index contributed by atoms with van der Waals surface area (Å²) < 4.78 is 54.0. The van der Waals surface area contributed by atoms with Gasteiger partial charge in [-0.1, -0.05) is 103 Å². The van der Waals surface area contributed by atoms with Crippen LogP contribution in [-0.4, -0.2) is 67.2 Å². The second-order valence-corrected chi connectivity index (χ2v) is 14.9. The monoisotopic (exact) mass is 904 g/mol. The Labute approximate surface area is 382 Å². The van der Waals surface area contributed by atoms with E-state index in [9.17, 15) is 28.8 Å². The fourth-order valence-electron chi connectivity index (χ4n) is 7.07. The minimum absolute atomic E-state index is 0.00831. The van der Waals surface area contributed by atoms with Crippen molar-refractivity contribution in [2.75, 3.05) is 6.61 Å². The second-order valence-electron chi connectivity index (χ2n) is 14.9. The van der Waals surface area contributed by atoms with Crippen LogP contribution in [0.3, 0.4) is 0 Å². The van der Waals surface area contributed by atoms with Gasteiger partial charge in [0.05, 0.1) is 27.6 Å². The average Bonchev–Trinajstić information content (AvgIpc) is 3.36. The summed E-state index contributed by atoms with van der Waals surface area (Å²) in [6, 6.07) is 45.2. The van der Waals surface area contributed by atoms with Gasteiger partial charge in [0.25, 0.3) is 5.75 Å². The quantitative estimate of drug-likeness (QED) is 0.0547. The molecule has 15 nitrogen and oxygen atoms in total. The normalized spacial score (nSPS) is 17.6. The summed E-state index contributed by atoms with van der Waals surface area (Å²) in [4.78, 5) is 80.8. The van der Waals surface area contributed by atoms with E-state index in [0.717, 1.165) is 12.5 Å². The van der Waals surface area contributed by atoms with Crippen LogP contribution in [0.15, 0.2) is 179 Å². The summed E-state index contributed by atoms with van der Waals surface area (Å²) in [5.74, 6) is -4.81. The zero-order valence-electron chi connectivity index (χ0n) is 35.6. The van der Waals surface area contributed by atoms with E-state index in [4.69, 9.17) is 42.3 Å². The first-order valence-electron chi connectivity index (χ1n) is 20.9. The zero-order valence-corrected chi connectivity index (χ0v) is 35.6. The van der Waals surface area contributed by atoms with Gasteiger partial charge in [-0.15, -0.1) is 0 Å². The highest BCUT2D eigenvalue weighted by molar-refractivity contribution is 5.92. The van der Waals surface area contributed by atoms with Gasteiger partial charge < -0.3 is 42.3 Å². The smallest absolute Gasteiger partial charge is 0.383 e. The van der Waals surface area contributed by atoms with Gasteiger partial charge in [0.2, 0.25) is 12.4 Å². The lowest BCUT2D eigenvalue weighted by Crippen LogP contribution is -2.63. The van der Waals surface area contributed by atoms with E-state index in [1.807, 2.05) is 30.3 Å². The van der Waals surface area contributed by atoms with Crippen LogP contribution in [0, 0.1) is 0 Å². The molecule has 1 aliphatic heterocycles. The fraction of sp³-hybridized carbons (Fsp3) is 0.154. The maximum atomic E-state index is 14.0. The summed E-state index contributed by atoms with van der Waals surface area (Å²) >= 11 is 0. The van der Waals surface area contributed by atoms with Crippen LogP contribution in [0.5, 0.6) is 17.2 Å². The van der Waals surface area contributed by atoms with Crippen molar-refractivity contribution in [3.63, 3.8) is 0 Å². The lowest BCUT2D eigenvalue weighted by molar-refractivity contribution is -0.275. The Bertz CT molecular complexity index is 2910. The van der Waals surface area contributed by atoms with E-state index in [1.54, 1.807) is 72.8 Å². The molecular formula is C52H40O15. The summed E-state index contributed by atoms with van der Waals surface area (Å²) in [6.07, 6.45) is -8.19. The Hall–Kier alpha value is -8.56. The molecule has 0 bridgehead atoms. The molecule has 0 radical (unpaired) electrons. The molecule has 0 unspecified atom stereocenters. The van der Waals surface area contributed by atoms with Gasteiger partial charge in [0.15, 0.2) is 18.0 Å². The fourth-order valence-corrected chi connectivity index (χ4v) is 7.07. The Morgan fingerprint density at radius 2 is 1.01 bits per heavy atom. The van der Waals surface area contributed by atoms with Crippen molar-refractivity contribution in [2.24, 2.45) is 0 Å². The third-order valence-electron chi connectivity index (χ3n) is 10.3. The molecule has 5 atom stereocenters. The van der Waals surface area contributed by atoms with E-state index < -0.39 is 78.5 Å². The number of carbonyl (C=O) groups is 5. The van der Waals surface area contributed by atoms with Gasteiger partial charge in [-0.2, -0.15) is 0 Å². The van der Waals surface area contributed by atoms with Crippen LogP contribution in [-0.2, 0) is 35.1 Å². The summed E-state index contributed by atoms with van der Waals surface area (Å²) in [7, 11) is 0. The number of fused-ring (bicyclic) bond motifs is 1. The average molecular weight is 905 g/mol. The predicted molar refractivity (Wildman–Crippen MR) is 238 cm³/mol. The molecule has 0 spiro atoms. The van der Waals surface area contributed by atoms with Crippen LogP contribution in [0.25, 0.3) is 11.0 Å². The van der Waals surface area contributed by atoms with Crippen molar-refractivity contribution in [1.82, 2.24) is 0 Å². The number of rotatable bonds is 15. The molecule has 1 aliphatic rings. The van der Waals surface area contributed by atoms with Gasteiger partial charge in [0, 0.05) is 13.0 Å². The van der Waals surface area contributed by atoms with Gasteiger partial charge in [-0.25, -0.2) is 24.0 Å². The van der Waals surface area contributed by atoms with Crippen LogP contribution in [0.2, 0.25) is 0 Å². The number of ether oxygens (including phenoxy) is 8. The molecule has 338 valence electrons. The van der Waals surface area contributed by atoms with E-state index in [2.05, 4.69) is 0 Å². The molecule has 0 saturated carbocycles. The zero-order chi connectivity index (χ0) is 46.7. The molecule has 1 aromatic heterocycles. The molecule has 1 saturated heterocycles. The highest BCUT2D eigenvalue weighted by atomic mass is 16.7. The molecule has 67 heavy (non-hydrogen) atoms. The summed E-state index contributed by atoms with van der Waals surface area (Å²) in [5, 5.41) is 0.212. The number of benzene rings is 6. The first-order valence-corrected chi connectivity index (χ1v) is 20.9. The van der Waals surface area contributed by atoms with Crippen LogP contribution in [0.4, 0.5) is 0 Å². The lowest BCUT2D eigenvalue weighted by atomic mass is 9.97. The molecule has 0 aliphatic carbocycles. The largest absolute Gasteiger partial charge is 0.484 e. The SMILES string of the molecule is CC(=O)Oc1c(OCc2ccccc2)c2ccc(O[C@@H]3O[C@H](COC(=O)c4ccccc4)[C@H](OC(=O)c4ccccc4)[C@H](OC(=O)c4ccccc4)[C@H]3OC(=O)c3ccccc3)cc2oc1=O. The van der Waals surface area contributed by atoms with Crippen molar-refractivity contribution in [3.8, 4) is 17.2 Å². The molecule has 15 heteroatoms. The predicted octanol–water partition coefficient (Wildman–Crippen LogP) is 7.93. The Morgan fingerprint density at radius 1 is 0.537 bits per heavy atom. The Morgan fingerprint density at radius 3 is 1.54 bits per heavy atom. The summed E-state index contributed by atoms with van der Waals surface area (Å²) in [6.45, 7) is 0.526. The van der Waals surface area contributed by atoms with Gasteiger partial charge in [-0.3, -0.25) is 4.79 Å². The molecule has 0 amide bonds. The highest BCUT2D eigenvalue weighted by Crippen LogP contribution is 2.37. The minimum Gasteiger partial charge on any atom is -0.484 e. The maximum absolute atomic E-state index is 14.0. The molecule has 2 heterocycles. The third-order valence-corrected chi connectivity index (χ3v) is 10.3. The van der Waals surface area contributed by atoms with Crippen LogP contribution in [0.1, 0.15) is 53.9 Å². The number of hydrogen-bond acceptors (Lipinski definition) is 15. The topological polar surface area (TPSA) is 189 Å². The van der Waals surface area contributed by atoms with Crippen molar-refractivity contribution in [1.29, 1.82) is 0 Å². The molecule has 6 aromatic carbocycles. The standard InChI is InChI=1S/C52H40O15/c1-32(53)61-45-42(59-30-33-17-7-2-8-18-33)39-28-27-38(29-40(39)63-51(45)58)62-52-46(67-50(57)37-25-15-6-16-26-37)44(66-49(56)36-23-13-5-14-24-36)43(65-48(55)35-21-11-4-12-22-35)41(64-52)31-60-47(54)34-19-9-3-10-20-34/h2-29,41,43-44,46,52H,30-31H2,1H3/t41-,43+,44+,46-,52-/m1/s1. The lowest BCUT2D eigenvalue weighted by Gasteiger charge is -2.44. The number of esters is 5. The van der Waals surface area contributed by atoms with E-state index in [1.165, 1.54) is 66.7 Å². The van der Waals surface area contributed by atoms with Crippen LogP contribution < -0.4 is 19.8 Å². The molecule has 8 rings (SSSR count). The third kappa shape index (κ3) is 11.0. The van der Waals surface area contributed by atoms with E-state index >= 15 is 0 Å². The van der Waals surface area contributed by atoms with Crippen molar-refractivity contribution in [3.05, 3.63) is 208 Å². The second kappa shape index (κ2) is 21.0. The first kappa shape index (κ1) is 45.0. The first-order chi connectivity index (χ1) is 32.6. The van der Waals surface area contributed by atoms with Crippen LogP contribution >= 0.6 is 0 Å². The highest BCUT2D eigenvalue weighted by Gasteiger charge is 2.54. The van der Waals surface area contributed by atoms with E-state index in [0.29, 0.717) is 0 Å². The van der Waals surface area contributed by atoms with Crippen molar-refractivity contribution in [2.45, 2.75) is 44.2 Å². The molecule has 0 N–H and O–H groups in total. The van der Waals surface area contributed by atoms with Crippen molar-refractivity contribution < 1.29 is 66.3 Å². The Balaban J connectivity index is 1.21. The maximum Gasteiger partial charge on any atom is 0.383 e. The van der Waals surface area contributed by atoms with Gasteiger partial charge >= 0.3 is 35.5 Å². The minimum atomic E-state index is -1.72.